The molecule has 1 atom stereocenters. The summed E-state index contributed by atoms with van der Waals surface area (Å²) in [7, 11) is -4.63. The quantitative estimate of drug-likeness (QED) is 0.711. The lowest BCUT2D eigenvalue weighted by Crippen LogP contribution is -2.53. The first-order valence-corrected chi connectivity index (χ1v) is 10.2. The van der Waals surface area contributed by atoms with Crippen molar-refractivity contribution in [2.75, 3.05) is 31.9 Å². The Hall–Kier alpha value is -1.42. The summed E-state index contributed by atoms with van der Waals surface area (Å²) in [6.07, 6.45) is 0.0815. The van der Waals surface area contributed by atoms with Crippen LogP contribution < -0.4 is 0 Å². The summed E-state index contributed by atoms with van der Waals surface area (Å²) < 4.78 is 39.6. The zero-order valence-electron chi connectivity index (χ0n) is 15.4. The number of carbonyl (C=O) groups is 2. The largest absolute Gasteiger partial charge is 0.444 e. The lowest BCUT2D eigenvalue weighted by Gasteiger charge is -2.40. The van der Waals surface area contributed by atoms with Crippen molar-refractivity contribution >= 4 is 22.2 Å². The Morgan fingerprint density at radius 1 is 1.35 bits per heavy atom. The van der Waals surface area contributed by atoms with E-state index < -0.39 is 39.2 Å². The maximum atomic E-state index is 12.8. The highest BCUT2D eigenvalue weighted by molar-refractivity contribution is 7.86. The van der Waals surface area contributed by atoms with Gasteiger partial charge in [0.25, 0.3) is 0 Å². The summed E-state index contributed by atoms with van der Waals surface area (Å²) in [4.78, 5) is 27.0. The number of likely N-dealkylation sites (tertiary alicyclic amines) is 2. The Balaban J connectivity index is 1.87. The molecule has 0 aromatic carbocycles. The molecule has 2 heterocycles. The number of rotatable bonds is 4. The molecule has 8 nitrogen and oxygen atoms in total. The van der Waals surface area contributed by atoms with Crippen LogP contribution in [-0.4, -0.2) is 78.5 Å². The van der Waals surface area contributed by atoms with Gasteiger partial charge in [-0.2, -0.15) is 8.42 Å². The van der Waals surface area contributed by atoms with Crippen LogP contribution in [0.15, 0.2) is 0 Å². The fourth-order valence-electron chi connectivity index (χ4n) is 3.35. The molecule has 0 bridgehead atoms. The molecule has 2 rings (SSSR count). The fourth-order valence-corrected chi connectivity index (χ4v) is 4.13. The summed E-state index contributed by atoms with van der Waals surface area (Å²) >= 11 is 0. The number of hydrogen-bond donors (Lipinski definition) is 1. The van der Waals surface area contributed by atoms with Gasteiger partial charge in [-0.1, -0.05) is 0 Å². The van der Waals surface area contributed by atoms with Crippen molar-refractivity contribution in [2.45, 2.75) is 51.2 Å². The topological polar surface area (TPSA) is 104 Å². The lowest BCUT2D eigenvalue weighted by molar-refractivity contribution is -0.132. The van der Waals surface area contributed by atoms with Gasteiger partial charge < -0.3 is 19.6 Å². The van der Waals surface area contributed by atoms with Crippen molar-refractivity contribution in [1.29, 1.82) is 0 Å². The molecule has 1 unspecified atom stereocenters. The Morgan fingerprint density at radius 3 is 2.42 bits per heavy atom. The molecular formula is C16H27FN2O6S. The van der Waals surface area contributed by atoms with E-state index >= 15 is 0 Å². The number of nitrogens with zero attached hydrogens (tertiary/aromatic N) is 2. The van der Waals surface area contributed by atoms with E-state index in [2.05, 4.69) is 0 Å². The number of amides is 2. The van der Waals surface area contributed by atoms with E-state index in [0.29, 0.717) is 13.1 Å². The molecule has 2 aliphatic heterocycles. The van der Waals surface area contributed by atoms with E-state index in [0.717, 1.165) is 0 Å². The third-order valence-corrected chi connectivity index (χ3v) is 5.43. The van der Waals surface area contributed by atoms with E-state index in [4.69, 9.17) is 4.74 Å². The molecule has 0 saturated carbocycles. The lowest BCUT2D eigenvalue weighted by atomic mass is 9.91. The van der Waals surface area contributed by atoms with Gasteiger partial charge in [0.05, 0.1) is 11.4 Å². The minimum Gasteiger partial charge on any atom is -0.444 e. The van der Waals surface area contributed by atoms with E-state index in [1.165, 1.54) is 9.80 Å². The summed E-state index contributed by atoms with van der Waals surface area (Å²) in [6.45, 7) is 6.09. The van der Waals surface area contributed by atoms with Gasteiger partial charge in [-0.05, 0) is 33.6 Å². The van der Waals surface area contributed by atoms with E-state index in [1.807, 2.05) is 0 Å². The minimum atomic E-state index is -4.63. The molecule has 1 N–H and O–H groups in total. The number of carbonyl (C=O) groups excluding carboxylic acids is 2. The first kappa shape index (κ1) is 20.9. The third-order valence-electron chi connectivity index (χ3n) is 4.56. The zero-order chi connectivity index (χ0) is 19.8. The Bertz CT molecular complexity index is 652. The second-order valence-corrected chi connectivity index (χ2v) is 9.65. The van der Waals surface area contributed by atoms with Crippen LogP contribution >= 0.6 is 0 Å². The SMILES string of the molecule is CC(C)(C)OC(=O)N1CCC(O)(CN2CC(CS(=O)(=O)F)CC2=O)CC1. The molecule has 26 heavy (non-hydrogen) atoms. The summed E-state index contributed by atoms with van der Waals surface area (Å²) in [5.74, 6) is -1.57. The van der Waals surface area contributed by atoms with Crippen LogP contribution in [0.1, 0.15) is 40.0 Å². The first-order chi connectivity index (χ1) is 11.8. The molecule has 0 spiro atoms. The molecule has 2 aliphatic rings. The second kappa shape index (κ2) is 7.30. The van der Waals surface area contributed by atoms with Crippen LogP contribution in [0.25, 0.3) is 0 Å². The molecule has 0 aromatic heterocycles. The number of piperidine rings is 1. The van der Waals surface area contributed by atoms with Crippen LogP contribution in [0.3, 0.4) is 0 Å². The van der Waals surface area contributed by atoms with Crippen molar-refractivity contribution < 1.29 is 31.7 Å². The van der Waals surface area contributed by atoms with Crippen LogP contribution in [0.2, 0.25) is 0 Å². The van der Waals surface area contributed by atoms with Crippen molar-refractivity contribution in [3.8, 4) is 0 Å². The predicted octanol–water partition coefficient (Wildman–Crippen LogP) is 0.896. The molecule has 2 amide bonds. The molecule has 0 aliphatic carbocycles. The van der Waals surface area contributed by atoms with Crippen molar-refractivity contribution in [1.82, 2.24) is 9.80 Å². The molecule has 10 heteroatoms. The fraction of sp³-hybridized carbons (Fsp3) is 0.875. The highest BCUT2D eigenvalue weighted by Gasteiger charge is 2.41. The van der Waals surface area contributed by atoms with Crippen molar-refractivity contribution in [3.05, 3.63) is 0 Å². The highest BCUT2D eigenvalue weighted by Crippen LogP contribution is 2.28. The van der Waals surface area contributed by atoms with Crippen LogP contribution in [0, 0.1) is 5.92 Å². The van der Waals surface area contributed by atoms with Gasteiger partial charge in [0.2, 0.25) is 5.91 Å². The third kappa shape index (κ3) is 6.08. The Labute approximate surface area is 153 Å². The van der Waals surface area contributed by atoms with Gasteiger partial charge in [0.1, 0.15) is 5.60 Å². The molecule has 150 valence electrons. The average Bonchev–Trinajstić information content (AvgIpc) is 2.74. The number of ether oxygens (including phenoxy) is 1. The average molecular weight is 394 g/mol. The van der Waals surface area contributed by atoms with E-state index in [1.54, 1.807) is 20.8 Å². The van der Waals surface area contributed by atoms with Gasteiger partial charge >= 0.3 is 16.3 Å². The molecule has 2 fully saturated rings. The van der Waals surface area contributed by atoms with E-state index in [9.17, 15) is 27.0 Å². The first-order valence-electron chi connectivity index (χ1n) is 8.67. The van der Waals surface area contributed by atoms with Gasteiger partial charge in [-0.15, -0.1) is 3.89 Å². The van der Waals surface area contributed by atoms with Gasteiger partial charge in [0.15, 0.2) is 0 Å². The molecule has 0 radical (unpaired) electrons. The van der Waals surface area contributed by atoms with Crippen LogP contribution in [0.4, 0.5) is 8.68 Å². The molecule has 2 saturated heterocycles. The van der Waals surface area contributed by atoms with E-state index in [-0.39, 0.29) is 38.3 Å². The van der Waals surface area contributed by atoms with Crippen LogP contribution in [-0.2, 0) is 19.8 Å². The summed E-state index contributed by atoms with van der Waals surface area (Å²) in [5, 5.41) is 10.7. The van der Waals surface area contributed by atoms with Crippen molar-refractivity contribution in [2.24, 2.45) is 5.92 Å². The summed E-state index contributed by atoms with van der Waals surface area (Å²) in [5.41, 5.74) is -1.75. The molecular weight excluding hydrogens is 367 g/mol. The zero-order valence-corrected chi connectivity index (χ0v) is 16.2. The summed E-state index contributed by atoms with van der Waals surface area (Å²) in [6, 6.07) is 0. The maximum absolute atomic E-state index is 12.8. The van der Waals surface area contributed by atoms with Gasteiger partial charge in [0, 0.05) is 38.5 Å². The predicted molar refractivity (Wildman–Crippen MR) is 91.6 cm³/mol. The number of halogens is 1. The number of aliphatic hydroxyl groups is 1. The highest BCUT2D eigenvalue weighted by atomic mass is 32.3. The maximum Gasteiger partial charge on any atom is 0.410 e. The second-order valence-electron chi connectivity index (χ2n) is 8.24. The van der Waals surface area contributed by atoms with Crippen LogP contribution in [0.5, 0.6) is 0 Å². The number of β-amino-alcohol motifs (C(OH)–C–C–N with tert-alkyl or cyclic N) is 1. The van der Waals surface area contributed by atoms with Crippen molar-refractivity contribution in [3.63, 3.8) is 0 Å². The standard InChI is InChI=1S/C16H27FN2O6S/c1-15(2,3)25-14(21)18-6-4-16(22,5-7-18)11-19-9-12(8-13(19)20)10-26(17,23)24/h12,22H,4-11H2,1-3H3. The van der Waals surface area contributed by atoms with Gasteiger partial charge in [-0.25, -0.2) is 4.79 Å². The number of hydrogen-bond acceptors (Lipinski definition) is 6. The minimum absolute atomic E-state index is 0.0384. The Kier molecular flexibility index (Phi) is 5.86. The normalized spacial score (nSPS) is 24.0. The Morgan fingerprint density at radius 2 is 1.92 bits per heavy atom. The van der Waals surface area contributed by atoms with Gasteiger partial charge in [-0.3, -0.25) is 4.79 Å². The smallest absolute Gasteiger partial charge is 0.410 e. The monoisotopic (exact) mass is 394 g/mol. The molecule has 0 aromatic rings.